The molecule has 2 aromatic rings. The molecule has 1 unspecified atom stereocenters. The summed E-state index contributed by atoms with van der Waals surface area (Å²) in [6.45, 7) is 5.00. The number of aliphatic hydroxyl groups excluding tert-OH is 1. The second-order valence-corrected chi connectivity index (χ2v) is 6.53. The van der Waals surface area contributed by atoms with E-state index in [1.54, 1.807) is 12.1 Å². The molecule has 1 aromatic heterocycles. The Morgan fingerprint density at radius 1 is 1.21 bits per heavy atom. The fourth-order valence-electron chi connectivity index (χ4n) is 1.88. The van der Waals surface area contributed by atoms with E-state index in [0.717, 1.165) is 5.75 Å². The summed E-state index contributed by atoms with van der Waals surface area (Å²) < 4.78 is 11.7. The molecule has 3 N–H and O–H groups in total. The average Bonchev–Trinajstić information content (AvgIpc) is 2.59. The smallest absolute Gasteiger partial charge is 0.231 e. The lowest BCUT2D eigenvalue weighted by atomic mass is 10.1. The van der Waals surface area contributed by atoms with Crippen LogP contribution >= 0.6 is 12.2 Å². The van der Waals surface area contributed by atoms with Crippen molar-refractivity contribution in [1.82, 2.24) is 15.5 Å². The normalized spacial score (nSPS) is 12.6. The van der Waals surface area contributed by atoms with E-state index < -0.39 is 6.10 Å². The van der Waals surface area contributed by atoms with Crippen LogP contribution in [0.5, 0.6) is 11.6 Å². The molecule has 1 heterocycles. The maximum absolute atomic E-state index is 10.0. The Morgan fingerprint density at radius 3 is 2.62 bits per heavy atom. The highest BCUT2D eigenvalue weighted by Crippen LogP contribution is 2.10. The second kappa shape index (κ2) is 8.77. The third-order valence-corrected chi connectivity index (χ3v) is 3.46. The molecule has 24 heavy (non-hydrogen) atoms. The zero-order valence-electron chi connectivity index (χ0n) is 13.9. The molecular formula is C17H23N3O3S. The van der Waals surface area contributed by atoms with Gasteiger partial charge in [-0.2, -0.15) is 0 Å². The molecule has 0 saturated heterocycles. The van der Waals surface area contributed by atoms with Crippen LogP contribution in [0.25, 0.3) is 0 Å². The van der Waals surface area contributed by atoms with Gasteiger partial charge in [0.25, 0.3) is 0 Å². The molecule has 0 aliphatic rings. The SMILES string of the molecule is CC(C)(COc1ccc(=S)[nH]n1)NCC(O)COc1ccccc1. The molecule has 2 rings (SSSR count). The fraction of sp³-hybridized carbons (Fsp3) is 0.412. The van der Waals surface area contributed by atoms with Gasteiger partial charge in [0.15, 0.2) is 0 Å². The molecule has 1 atom stereocenters. The van der Waals surface area contributed by atoms with E-state index in [4.69, 9.17) is 21.7 Å². The van der Waals surface area contributed by atoms with Crippen LogP contribution in [0.2, 0.25) is 0 Å². The van der Waals surface area contributed by atoms with Gasteiger partial charge in [-0.25, -0.2) is 0 Å². The van der Waals surface area contributed by atoms with Crippen LogP contribution in [0.3, 0.4) is 0 Å². The highest BCUT2D eigenvalue weighted by Gasteiger charge is 2.20. The first-order valence-electron chi connectivity index (χ1n) is 7.74. The summed E-state index contributed by atoms with van der Waals surface area (Å²) in [6.07, 6.45) is -0.615. The predicted octanol–water partition coefficient (Wildman–Crippen LogP) is 2.33. The fourth-order valence-corrected chi connectivity index (χ4v) is 1.99. The van der Waals surface area contributed by atoms with Gasteiger partial charge < -0.3 is 19.9 Å². The van der Waals surface area contributed by atoms with Gasteiger partial charge >= 0.3 is 0 Å². The largest absolute Gasteiger partial charge is 0.491 e. The van der Waals surface area contributed by atoms with Crippen molar-refractivity contribution in [3.8, 4) is 11.6 Å². The third kappa shape index (κ3) is 6.66. The predicted molar refractivity (Wildman–Crippen MR) is 94.9 cm³/mol. The van der Waals surface area contributed by atoms with E-state index in [1.807, 2.05) is 44.2 Å². The lowest BCUT2D eigenvalue weighted by Crippen LogP contribution is -2.48. The van der Waals surface area contributed by atoms with Crippen LogP contribution in [-0.2, 0) is 0 Å². The van der Waals surface area contributed by atoms with E-state index in [1.165, 1.54) is 0 Å². The number of aromatic amines is 1. The number of para-hydroxylation sites is 1. The van der Waals surface area contributed by atoms with E-state index in [-0.39, 0.29) is 12.1 Å². The van der Waals surface area contributed by atoms with Gasteiger partial charge in [0, 0.05) is 18.2 Å². The topological polar surface area (TPSA) is 79.4 Å². The molecule has 0 aliphatic carbocycles. The van der Waals surface area contributed by atoms with Gasteiger partial charge in [0.05, 0.1) is 0 Å². The summed E-state index contributed by atoms with van der Waals surface area (Å²) in [6, 6.07) is 12.9. The quantitative estimate of drug-likeness (QED) is 0.603. The summed E-state index contributed by atoms with van der Waals surface area (Å²) in [5.74, 6) is 1.22. The monoisotopic (exact) mass is 349 g/mol. The maximum atomic E-state index is 10.0. The van der Waals surface area contributed by atoms with Crippen molar-refractivity contribution < 1.29 is 14.6 Å². The summed E-state index contributed by atoms with van der Waals surface area (Å²) in [7, 11) is 0. The number of β-amino-alcohol motifs (C(OH)–C–C–N with tert-alkyl or cyclic N) is 1. The van der Waals surface area contributed by atoms with Crippen molar-refractivity contribution in [1.29, 1.82) is 0 Å². The van der Waals surface area contributed by atoms with Crippen molar-refractivity contribution in [2.45, 2.75) is 25.5 Å². The third-order valence-electron chi connectivity index (χ3n) is 3.24. The van der Waals surface area contributed by atoms with Gasteiger partial charge in [0.2, 0.25) is 5.88 Å². The van der Waals surface area contributed by atoms with Gasteiger partial charge in [0.1, 0.15) is 29.7 Å². The Labute approximate surface area is 146 Å². The first kappa shape index (κ1) is 18.4. The molecule has 1 aromatic carbocycles. The lowest BCUT2D eigenvalue weighted by molar-refractivity contribution is 0.0923. The van der Waals surface area contributed by atoms with Gasteiger partial charge in [-0.05, 0) is 32.0 Å². The van der Waals surface area contributed by atoms with E-state index >= 15 is 0 Å². The molecule has 0 saturated carbocycles. The van der Waals surface area contributed by atoms with Crippen molar-refractivity contribution in [2.24, 2.45) is 0 Å². The number of ether oxygens (including phenoxy) is 2. The van der Waals surface area contributed by atoms with Crippen LogP contribution in [0, 0.1) is 4.64 Å². The molecule has 0 radical (unpaired) electrons. The van der Waals surface area contributed by atoms with Crippen LogP contribution in [0.4, 0.5) is 0 Å². The molecule has 0 amide bonds. The number of benzene rings is 1. The maximum Gasteiger partial charge on any atom is 0.231 e. The van der Waals surface area contributed by atoms with Crippen LogP contribution < -0.4 is 14.8 Å². The number of nitrogens with one attached hydrogen (secondary N) is 2. The number of rotatable bonds is 9. The zero-order valence-corrected chi connectivity index (χ0v) is 14.7. The van der Waals surface area contributed by atoms with E-state index in [0.29, 0.717) is 23.7 Å². The standard InChI is InChI=1S/C17H23N3O3S/c1-17(2,12-23-15-8-9-16(24)20-19-15)18-10-13(21)11-22-14-6-4-3-5-7-14/h3-9,13,18,21H,10-12H2,1-2H3,(H,20,24). The van der Waals surface area contributed by atoms with Gasteiger partial charge in [-0.3, -0.25) is 5.10 Å². The Kier molecular flexibility index (Phi) is 6.72. The number of aliphatic hydroxyl groups is 1. The lowest BCUT2D eigenvalue weighted by Gasteiger charge is -2.27. The summed E-state index contributed by atoms with van der Waals surface area (Å²) in [5.41, 5.74) is -0.331. The number of aromatic nitrogens is 2. The number of H-pyrrole nitrogens is 1. The van der Waals surface area contributed by atoms with Crippen molar-refractivity contribution >= 4 is 12.2 Å². The molecule has 7 heteroatoms. The number of nitrogens with zero attached hydrogens (tertiary/aromatic N) is 1. The second-order valence-electron chi connectivity index (χ2n) is 6.09. The highest BCUT2D eigenvalue weighted by molar-refractivity contribution is 7.71. The molecule has 130 valence electrons. The van der Waals surface area contributed by atoms with Crippen molar-refractivity contribution in [3.63, 3.8) is 0 Å². The highest BCUT2D eigenvalue weighted by atomic mass is 32.1. The minimum atomic E-state index is -0.615. The Bertz CT molecular complexity index is 656. The zero-order chi connectivity index (χ0) is 17.4. The number of hydrogen-bond acceptors (Lipinski definition) is 6. The Hall–Kier alpha value is -1.96. The van der Waals surface area contributed by atoms with Crippen molar-refractivity contribution in [2.75, 3.05) is 19.8 Å². The summed E-state index contributed by atoms with van der Waals surface area (Å²) >= 11 is 4.93. The van der Waals surface area contributed by atoms with Crippen LogP contribution in [0.15, 0.2) is 42.5 Å². The average molecular weight is 349 g/mol. The minimum absolute atomic E-state index is 0.227. The Morgan fingerprint density at radius 2 is 1.96 bits per heavy atom. The van der Waals surface area contributed by atoms with Gasteiger partial charge in [-0.1, -0.05) is 30.4 Å². The molecule has 0 spiro atoms. The van der Waals surface area contributed by atoms with E-state index in [2.05, 4.69) is 15.5 Å². The van der Waals surface area contributed by atoms with Crippen LogP contribution in [-0.4, -0.2) is 46.7 Å². The Balaban J connectivity index is 1.70. The van der Waals surface area contributed by atoms with E-state index in [9.17, 15) is 5.11 Å². The summed E-state index contributed by atoms with van der Waals surface area (Å²) in [5, 5.41) is 20.0. The van der Waals surface area contributed by atoms with Crippen molar-refractivity contribution in [3.05, 3.63) is 47.1 Å². The number of hydrogen-bond donors (Lipinski definition) is 3. The molecule has 0 fully saturated rings. The molecule has 0 aliphatic heterocycles. The molecular weight excluding hydrogens is 326 g/mol. The first-order chi connectivity index (χ1) is 11.4. The van der Waals surface area contributed by atoms with Gasteiger partial charge in [-0.15, -0.1) is 5.10 Å². The summed E-state index contributed by atoms with van der Waals surface area (Å²) in [4.78, 5) is 0. The minimum Gasteiger partial charge on any atom is -0.491 e. The molecule has 0 bridgehead atoms. The molecule has 6 nitrogen and oxygen atoms in total. The first-order valence-corrected chi connectivity index (χ1v) is 8.15. The van der Waals surface area contributed by atoms with Crippen LogP contribution in [0.1, 0.15) is 13.8 Å².